The molecule has 0 aliphatic heterocycles. The number of thioether (sulfide) groups is 1. The van der Waals surface area contributed by atoms with Crippen LogP contribution in [0.4, 0.5) is 0 Å². The Bertz CT molecular complexity index is 266. The van der Waals surface area contributed by atoms with Gasteiger partial charge in [0.25, 0.3) is 0 Å². The fraction of sp³-hybridized carbons (Fsp3) is 0.417. The van der Waals surface area contributed by atoms with E-state index in [4.69, 9.17) is 9.59 Å². The zero-order chi connectivity index (χ0) is 11.4. The number of carbonyl (C=O) groups excluding carboxylic acids is 2. The zero-order valence-electron chi connectivity index (χ0n) is 8.94. The van der Waals surface area contributed by atoms with E-state index in [0.717, 1.165) is 0 Å². The number of unbranched alkanes of at least 4 members (excludes halogenated alkanes) is 2. The molecule has 0 amide bonds. The molecule has 0 spiro atoms. The molecule has 0 radical (unpaired) electrons. The lowest BCUT2D eigenvalue weighted by Gasteiger charge is -1.99. The van der Waals surface area contributed by atoms with Crippen LogP contribution in [-0.2, 0) is 9.59 Å². The van der Waals surface area contributed by atoms with Gasteiger partial charge in [-0.25, -0.2) is 0 Å². The summed E-state index contributed by atoms with van der Waals surface area (Å²) in [4.78, 5) is 17.6. The molecule has 0 saturated heterocycles. The van der Waals surface area contributed by atoms with Crippen molar-refractivity contribution >= 4 is 17.9 Å². The van der Waals surface area contributed by atoms with Crippen LogP contribution in [0, 0.1) is 0 Å². The maximum absolute atomic E-state index is 8.12. The van der Waals surface area contributed by atoms with Crippen molar-refractivity contribution < 1.29 is 9.59 Å². The number of rotatable bonds is 5. The summed E-state index contributed by atoms with van der Waals surface area (Å²) in [6.07, 6.45) is 4.27. The van der Waals surface area contributed by atoms with E-state index in [1.165, 1.54) is 29.9 Å². The van der Waals surface area contributed by atoms with Gasteiger partial charge in [0, 0.05) is 4.90 Å². The molecule has 1 aromatic carbocycles. The molecule has 0 unspecified atom stereocenters. The molecule has 0 saturated carbocycles. The quantitative estimate of drug-likeness (QED) is 0.568. The first-order valence-electron chi connectivity index (χ1n) is 5.02. The van der Waals surface area contributed by atoms with Crippen LogP contribution in [0.15, 0.2) is 35.2 Å². The minimum Gasteiger partial charge on any atom is -0.186 e. The van der Waals surface area contributed by atoms with Gasteiger partial charge < -0.3 is 0 Å². The Kier molecular flexibility index (Phi) is 10.3. The normalized spacial score (nSPS) is 8.60. The third-order valence-electron chi connectivity index (χ3n) is 1.76. The number of benzene rings is 1. The minimum absolute atomic E-state index is 0.250. The molecule has 0 atom stereocenters. The average molecular weight is 224 g/mol. The van der Waals surface area contributed by atoms with Crippen LogP contribution in [0.1, 0.15) is 26.2 Å². The van der Waals surface area contributed by atoms with Gasteiger partial charge in [-0.1, -0.05) is 38.0 Å². The number of hydrogen-bond acceptors (Lipinski definition) is 3. The molecule has 0 fully saturated rings. The van der Waals surface area contributed by atoms with Gasteiger partial charge >= 0.3 is 6.15 Å². The molecule has 1 rings (SSSR count). The second-order valence-corrected chi connectivity index (χ2v) is 4.12. The summed E-state index contributed by atoms with van der Waals surface area (Å²) in [5.74, 6) is 1.26. The lowest BCUT2D eigenvalue weighted by atomic mass is 10.3. The summed E-state index contributed by atoms with van der Waals surface area (Å²) < 4.78 is 0. The van der Waals surface area contributed by atoms with Crippen molar-refractivity contribution in [1.29, 1.82) is 0 Å². The van der Waals surface area contributed by atoms with Gasteiger partial charge in [0.1, 0.15) is 0 Å². The molecule has 2 nitrogen and oxygen atoms in total. The van der Waals surface area contributed by atoms with Crippen LogP contribution >= 0.6 is 11.8 Å². The first-order chi connectivity index (χ1) is 7.35. The Morgan fingerprint density at radius 1 is 1.13 bits per heavy atom. The molecule has 0 bridgehead atoms. The predicted molar refractivity (Wildman–Crippen MR) is 61.7 cm³/mol. The van der Waals surface area contributed by atoms with Gasteiger partial charge in [0.15, 0.2) is 0 Å². The SMILES string of the molecule is CCCCCSc1ccccc1.O=C=O. The van der Waals surface area contributed by atoms with Crippen molar-refractivity contribution in [3.8, 4) is 0 Å². The summed E-state index contributed by atoms with van der Waals surface area (Å²) in [5.41, 5.74) is 0. The largest absolute Gasteiger partial charge is 0.373 e. The third kappa shape index (κ3) is 9.26. The van der Waals surface area contributed by atoms with Crippen LogP contribution in [-0.4, -0.2) is 11.9 Å². The summed E-state index contributed by atoms with van der Waals surface area (Å²) in [6.45, 7) is 2.24. The van der Waals surface area contributed by atoms with Crippen molar-refractivity contribution in [3.05, 3.63) is 30.3 Å². The first kappa shape index (κ1) is 13.9. The summed E-state index contributed by atoms with van der Waals surface area (Å²) in [7, 11) is 0. The maximum Gasteiger partial charge on any atom is 0.373 e. The van der Waals surface area contributed by atoms with Gasteiger partial charge in [0.2, 0.25) is 0 Å². The van der Waals surface area contributed by atoms with Gasteiger partial charge in [-0.3, -0.25) is 0 Å². The second-order valence-electron chi connectivity index (χ2n) is 2.95. The van der Waals surface area contributed by atoms with Gasteiger partial charge in [-0.05, 0) is 24.3 Å². The number of hydrogen-bond donors (Lipinski definition) is 0. The maximum atomic E-state index is 8.12. The first-order valence-corrected chi connectivity index (χ1v) is 6.00. The molecule has 82 valence electrons. The topological polar surface area (TPSA) is 34.1 Å². The van der Waals surface area contributed by atoms with E-state index in [1.807, 2.05) is 11.8 Å². The summed E-state index contributed by atoms with van der Waals surface area (Å²) >= 11 is 1.96. The lowest BCUT2D eigenvalue weighted by Crippen LogP contribution is -1.78. The highest BCUT2D eigenvalue weighted by Gasteiger charge is 1.90. The fourth-order valence-electron chi connectivity index (χ4n) is 1.06. The van der Waals surface area contributed by atoms with Crippen molar-refractivity contribution in [2.75, 3.05) is 5.75 Å². The van der Waals surface area contributed by atoms with Crippen LogP contribution in [0.25, 0.3) is 0 Å². The summed E-state index contributed by atoms with van der Waals surface area (Å²) in [6, 6.07) is 10.6. The Balaban J connectivity index is 0.000000583. The zero-order valence-corrected chi connectivity index (χ0v) is 9.76. The highest BCUT2D eigenvalue weighted by molar-refractivity contribution is 7.99. The Morgan fingerprint density at radius 3 is 2.27 bits per heavy atom. The molecule has 1 aromatic rings. The van der Waals surface area contributed by atoms with Crippen LogP contribution in [0.3, 0.4) is 0 Å². The van der Waals surface area contributed by atoms with Crippen LogP contribution < -0.4 is 0 Å². The third-order valence-corrected chi connectivity index (χ3v) is 2.86. The van der Waals surface area contributed by atoms with Crippen molar-refractivity contribution in [2.24, 2.45) is 0 Å². The molecule has 15 heavy (non-hydrogen) atoms. The molecule has 0 N–H and O–H groups in total. The highest BCUT2D eigenvalue weighted by Crippen LogP contribution is 2.18. The van der Waals surface area contributed by atoms with Gasteiger partial charge in [-0.2, -0.15) is 9.59 Å². The Morgan fingerprint density at radius 2 is 1.73 bits per heavy atom. The predicted octanol–water partition coefficient (Wildman–Crippen LogP) is 3.39. The minimum atomic E-state index is 0.250. The van der Waals surface area contributed by atoms with Gasteiger partial charge in [-0.15, -0.1) is 11.8 Å². The van der Waals surface area contributed by atoms with Crippen molar-refractivity contribution in [3.63, 3.8) is 0 Å². The van der Waals surface area contributed by atoms with Crippen molar-refractivity contribution in [2.45, 2.75) is 31.1 Å². The molecular formula is C12H16O2S. The van der Waals surface area contributed by atoms with E-state index in [9.17, 15) is 0 Å². The second kappa shape index (κ2) is 11.0. The van der Waals surface area contributed by atoms with E-state index >= 15 is 0 Å². The Labute approximate surface area is 95.1 Å². The monoisotopic (exact) mass is 224 g/mol. The smallest absolute Gasteiger partial charge is 0.186 e. The molecular weight excluding hydrogens is 208 g/mol. The van der Waals surface area contributed by atoms with Crippen LogP contribution in [0.5, 0.6) is 0 Å². The van der Waals surface area contributed by atoms with E-state index < -0.39 is 0 Å². The standard InChI is InChI=1S/C11H16S.CO2/c1-2-3-7-10-12-11-8-5-4-6-9-11;2-1-3/h4-6,8-9H,2-3,7,10H2,1H3;. The average Bonchev–Trinajstić information content (AvgIpc) is 2.27. The molecule has 0 heterocycles. The highest BCUT2D eigenvalue weighted by atomic mass is 32.2. The van der Waals surface area contributed by atoms with Gasteiger partial charge in [0.05, 0.1) is 0 Å². The van der Waals surface area contributed by atoms with E-state index in [2.05, 4.69) is 37.3 Å². The van der Waals surface area contributed by atoms with Crippen molar-refractivity contribution in [1.82, 2.24) is 0 Å². The van der Waals surface area contributed by atoms with E-state index in [-0.39, 0.29) is 6.15 Å². The molecule has 0 aromatic heterocycles. The molecule has 3 heteroatoms. The molecule has 0 aliphatic rings. The van der Waals surface area contributed by atoms with E-state index in [0.29, 0.717) is 0 Å². The molecule has 0 aliphatic carbocycles. The summed E-state index contributed by atoms with van der Waals surface area (Å²) in [5, 5.41) is 0. The lowest BCUT2D eigenvalue weighted by molar-refractivity contribution is -0.191. The fourth-order valence-corrected chi connectivity index (χ4v) is 1.99. The Hall–Kier alpha value is -1.05. The van der Waals surface area contributed by atoms with E-state index in [1.54, 1.807) is 0 Å². The van der Waals surface area contributed by atoms with Crippen LogP contribution in [0.2, 0.25) is 0 Å².